The second-order valence-corrected chi connectivity index (χ2v) is 11.5. The average Bonchev–Trinajstić information content (AvgIpc) is 3.51. The van der Waals surface area contributed by atoms with E-state index in [2.05, 4.69) is 38.3 Å². The first kappa shape index (κ1) is 29.8. The molecule has 0 aliphatic carbocycles. The van der Waals surface area contributed by atoms with Gasteiger partial charge in [-0.25, -0.2) is 4.98 Å². The van der Waals surface area contributed by atoms with E-state index in [4.69, 9.17) is 31.2 Å². The standard InChI is InChI=1S/C31H35ClN6O.CH2O2/c1-2-39-30-25(6-4-14-35-30)27-9-8-26-28(36-27)20-37(19-24-5-3-13-34-24)21-31(26)11-15-38(16-12-31)29-10-7-23(32)17-22(29)18-33;2-1-3/h4,6-10,14,17,24,34H,2-3,5,11-13,15-16,19-21H2,1H3;1H,(H,2,3)/t24-;/m1./s1. The zero-order valence-corrected chi connectivity index (χ0v) is 24.7. The first-order chi connectivity index (χ1) is 20.5. The summed E-state index contributed by atoms with van der Waals surface area (Å²) in [5.41, 5.74) is 6.05. The molecule has 3 aliphatic heterocycles. The molecule has 9 nitrogen and oxygen atoms in total. The lowest BCUT2D eigenvalue weighted by Gasteiger charge is -2.49. The van der Waals surface area contributed by atoms with Gasteiger partial charge in [-0.05, 0) is 81.1 Å². The number of anilines is 1. The summed E-state index contributed by atoms with van der Waals surface area (Å²) in [6, 6.07) is 17.0. The van der Waals surface area contributed by atoms with Gasteiger partial charge in [0.2, 0.25) is 5.88 Å². The fraction of sp³-hybridized carbons (Fsp3) is 0.438. The monoisotopic (exact) mass is 588 g/mol. The number of hydrogen-bond donors (Lipinski definition) is 2. The highest BCUT2D eigenvalue weighted by Gasteiger charge is 2.43. The zero-order chi connectivity index (χ0) is 29.5. The molecule has 0 saturated carbocycles. The van der Waals surface area contributed by atoms with Gasteiger partial charge in [0.25, 0.3) is 6.47 Å². The molecule has 0 unspecified atom stereocenters. The Morgan fingerprint density at radius 3 is 2.79 bits per heavy atom. The third kappa shape index (κ3) is 6.36. The fourth-order valence-corrected chi connectivity index (χ4v) is 6.88. The summed E-state index contributed by atoms with van der Waals surface area (Å²) < 4.78 is 5.83. The van der Waals surface area contributed by atoms with Crippen molar-refractivity contribution in [1.29, 1.82) is 5.26 Å². The summed E-state index contributed by atoms with van der Waals surface area (Å²) in [5, 5.41) is 20.9. The smallest absolute Gasteiger partial charge is 0.290 e. The van der Waals surface area contributed by atoms with Crippen LogP contribution in [0, 0.1) is 11.3 Å². The van der Waals surface area contributed by atoms with E-state index in [1.54, 1.807) is 12.3 Å². The van der Waals surface area contributed by atoms with Crippen molar-refractivity contribution in [2.45, 2.75) is 50.6 Å². The number of aromatic nitrogens is 2. The fourth-order valence-electron chi connectivity index (χ4n) is 6.70. The molecule has 6 rings (SSSR count). The van der Waals surface area contributed by atoms with Gasteiger partial charge in [0.1, 0.15) is 6.07 Å². The number of rotatable bonds is 6. The van der Waals surface area contributed by atoms with Crippen LogP contribution in [0.15, 0.2) is 48.7 Å². The molecule has 42 heavy (non-hydrogen) atoms. The lowest BCUT2D eigenvalue weighted by molar-refractivity contribution is -0.122. The van der Waals surface area contributed by atoms with Crippen LogP contribution in [0.3, 0.4) is 0 Å². The lowest BCUT2D eigenvalue weighted by Crippen LogP contribution is -2.54. The van der Waals surface area contributed by atoms with Crippen molar-refractivity contribution < 1.29 is 14.6 Å². The number of nitrogens with one attached hydrogen (secondary N) is 1. The van der Waals surface area contributed by atoms with Crippen molar-refractivity contribution in [3.63, 3.8) is 0 Å². The summed E-state index contributed by atoms with van der Waals surface area (Å²) in [5.74, 6) is 0.634. The summed E-state index contributed by atoms with van der Waals surface area (Å²) in [6.07, 6.45) is 6.28. The second kappa shape index (κ2) is 13.5. The third-order valence-corrected chi connectivity index (χ3v) is 8.79. The van der Waals surface area contributed by atoms with Crippen LogP contribution in [-0.4, -0.2) is 71.8 Å². The van der Waals surface area contributed by atoms with Crippen LogP contribution in [0.5, 0.6) is 5.88 Å². The molecule has 3 aliphatic rings. The molecule has 1 spiro atoms. The maximum Gasteiger partial charge on any atom is 0.290 e. The second-order valence-electron chi connectivity index (χ2n) is 11.1. The van der Waals surface area contributed by atoms with E-state index in [1.807, 2.05) is 31.2 Å². The minimum Gasteiger partial charge on any atom is -0.483 e. The van der Waals surface area contributed by atoms with Crippen LogP contribution in [0.1, 0.15) is 49.4 Å². The minimum atomic E-state index is -0.250. The highest BCUT2D eigenvalue weighted by molar-refractivity contribution is 6.30. The molecular formula is C32H37ClN6O3. The topological polar surface area (TPSA) is 115 Å². The zero-order valence-electron chi connectivity index (χ0n) is 23.9. The molecule has 2 saturated heterocycles. The molecule has 220 valence electrons. The molecule has 5 heterocycles. The quantitative estimate of drug-likeness (QED) is 0.389. The lowest BCUT2D eigenvalue weighted by atomic mass is 9.69. The highest BCUT2D eigenvalue weighted by Crippen LogP contribution is 2.43. The Labute approximate surface area is 252 Å². The van der Waals surface area contributed by atoms with Crippen molar-refractivity contribution >= 4 is 23.8 Å². The highest BCUT2D eigenvalue weighted by atomic mass is 35.5. The van der Waals surface area contributed by atoms with Crippen molar-refractivity contribution in [3.8, 4) is 23.2 Å². The molecule has 1 aromatic carbocycles. The summed E-state index contributed by atoms with van der Waals surface area (Å²) >= 11 is 6.18. The predicted molar refractivity (Wildman–Crippen MR) is 163 cm³/mol. The van der Waals surface area contributed by atoms with E-state index in [0.717, 1.165) is 69.1 Å². The van der Waals surface area contributed by atoms with Gasteiger partial charge in [0.05, 0.1) is 34.8 Å². The Morgan fingerprint density at radius 2 is 2.07 bits per heavy atom. The largest absolute Gasteiger partial charge is 0.483 e. The molecule has 2 aromatic heterocycles. The van der Waals surface area contributed by atoms with Crippen LogP contribution in [0.4, 0.5) is 5.69 Å². The first-order valence-corrected chi connectivity index (χ1v) is 14.9. The predicted octanol–water partition coefficient (Wildman–Crippen LogP) is 4.87. The van der Waals surface area contributed by atoms with E-state index >= 15 is 0 Å². The van der Waals surface area contributed by atoms with Crippen molar-refractivity contribution in [3.05, 3.63) is 70.5 Å². The number of carboxylic acid groups (broad SMARTS) is 1. The number of carbonyl (C=O) groups is 1. The number of nitrogens with zero attached hydrogens (tertiary/aromatic N) is 5. The van der Waals surface area contributed by atoms with Gasteiger partial charge in [-0.15, -0.1) is 0 Å². The van der Waals surface area contributed by atoms with Gasteiger partial charge in [-0.2, -0.15) is 5.26 Å². The summed E-state index contributed by atoms with van der Waals surface area (Å²) in [4.78, 5) is 23.1. The van der Waals surface area contributed by atoms with Crippen LogP contribution < -0.4 is 15.0 Å². The number of nitriles is 1. The molecule has 3 aromatic rings. The Hall–Kier alpha value is -3.71. The Morgan fingerprint density at radius 1 is 1.26 bits per heavy atom. The van der Waals surface area contributed by atoms with Crippen LogP contribution in [-0.2, 0) is 16.8 Å². The van der Waals surface area contributed by atoms with E-state index in [-0.39, 0.29) is 11.9 Å². The van der Waals surface area contributed by atoms with E-state index in [0.29, 0.717) is 29.1 Å². The molecule has 0 amide bonds. The Bertz CT molecular complexity index is 1430. The van der Waals surface area contributed by atoms with E-state index in [1.165, 1.54) is 24.1 Å². The molecule has 10 heteroatoms. The van der Waals surface area contributed by atoms with Crippen LogP contribution >= 0.6 is 11.6 Å². The molecule has 2 N–H and O–H groups in total. The number of benzene rings is 1. The van der Waals surface area contributed by atoms with E-state index < -0.39 is 0 Å². The minimum absolute atomic E-state index is 0.0329. The molecule has 1 atom stereocenters. The van der Waals surface area contributed by atoms with Crippen LogP contribution in [0.25, 0.3) is 11.3 Å². The molecule has 2 fully saturated rings. The van der Waals surface area contributed by atoms with Gasteiger partial charge in [-0.3, -0.25) is 14.7 Å². The number of hydrogen-bond acceptors (Lipinski definition) is 8. The normalized spacial score (nSPS) is 19.4. The molecular weight excluding hydrogens is 552 g/mol. The van der Waals surface area contributed by atoms with Gasteiger partial charge in [-0.1, -0.05) is 17.7 Å². The number of piperidine rings is 1. The average molecular weight is 589 g/mol. The maximum atomic E-state index is 9.72. The molecule has 0 radical (unpaired) electrons. The Kier molecular flexibility index (Phi) is 9.58. The number of pyridine rings is 2. The number of ether oxygens (including phenoxy) is 1. The van der Waals surface area contributed by atoms with Crippen molar-refractivity contribution in [1.82, 2.24) is 20.2 Å². The third-order valence-electron chi connectivity index (χ3n) is 8.55. The Balaban J connectivity index is 0.00000113. The van der Waals surface area contributed by atoms with Crippen molar-refractivity contribution in [2.75, 3.05) is 44.2 Å². The van der Waals surface area contributed by atoms with Gasteiger partial charge in [0.15, 0.2) is 0 Å². The summed E-state index contributed by atoms with van der Waals surface area (Å²) in [7, 11) is 0. The van der Waals surface area contributed by atoms with Crippen LogP contribution in [0.2, 0.25) is 5.02 Å². The molecule has 0 bridgehead atoms. The van der Waals surface area contributed by atoms with Gasteiger partial charge >= 0.3 is 0 Å². The van der Waals surface area contributed by atoms with Crippen molar-refractivity contribution in [2.24, 2.45) is 0 Å². The van der Waals surface area contributed by atoms with E-state index in [9.17, 15) is 5.26 Å². The first-order valence-electron chi connectivity index (χ1n) is 14.6. The SMILES string of the molecule is CCOc1ncccc1-c1ccc2c(n1)CN(C[C@H]1CCCN1)CC21CCN(c2ccc(Cl)cc2C#N)CC1.O=CO. The number of halogens is 1. The van der Waals surface area contributed by atoms with Gasteiger partial charge in [0, 0.05) is 55.4 Å². The maximum absolute atomic E-state index is 9.72. The number of fused-ring (bicyclic) bond motifs is 2. The van der Waals surface area contributed by atoms with Gasteiger partial charge < -0.3 is 20.1 Å². The summed E-state index contributed by atoms with van der Waals surface area (Å²) in [6.45, 7) is 8.13.